The van der Waals surface area contributed by atoms with Crippen molar-refractivity contribution in [3.8, 4) is 11.1 Å². The number of carbonyl (C=O) groups excluding carboxylic acids is 1. The Labute approximate surface area is 245 Å². The van der Waals surface area contributed by atoms with Crippen LogP contribution in [0.25, 0.3) is 33.1 Å². The quantitative estimate of drug-likeness (QED) is 0.159. The van der Waals surface area contributed by atoms with E-state index in [0.717, 1.165) is 39.6 Å². The molecule has 43 heavy (non-hydrogen) atoms. The Bertz CT molecular complexity index is 2110. The Morgan fingerprint density at radius 2 is 1.70 bits per heavy atom. The van der Waals surface area contributed by atoms with Crippen LogP contribution in [0.3, 0.4) is 0 Å². The second-order valence-corrected chi connectivity index (χ2v) is 11.7. The topological polar surface area (TPSA) is 129 Å². The molecule has 10 nitrogen and oxygen atoms in total. The number of likely N-dealkylation sites (tertiary alicyclic amines) is 1. The summed E-state index contributed by atoms with van der Waals surface area (Å²) in [6.07, 6.45) is 0.685. The van der Waals surface area contributed by atoms with Crippen LogP contribution in [0.4, 0.5) is 5.69 Å². The van der Waals surface area contributed by atoms with Gasteiger partial charge in [0.05, 0.1) is 16.9 Å². The summed E-state index contributed by atoms with van der Waals surface area (Å²) in [6, 6.07) is 14.8. The molecule has 10 heteroatoms. The molecule has 0 aliphatic carbocycles. The number of aryl methyl sites for hydroxylation is 3. The van der Waals surface area contributed by atoms with Gasteiger partial charge in [-0.15, -0.1) is 0 Å². The fraction of sp³-hybridized carbons (Fsp3) is 0.303. The second-order valence-electron chi connectivity index (χ2n) is 11.7. The molecule has 2 bridgehead atoms. The highest BCUT2D eigenvalue weighted by atomic mass is 16.6. The van der Waals surface area contributed by atoms with Crippen LogP contribution in [0.2, 0.25) is 0 Å². The average molecular weight is 580 g/mol. The van der Waals surface area contributed by atoms with Crippen molar-refractivity contribution in [1.29, 1.82) is 0 Å². The van der Waals surface area contributed by atoms with E-state index in [0.29, 0.717) is 47.6 Å². The SMILES string of the molecule is Cc1oc2c(C)c3oc(=O)c(CC(=O)N4CC5CC(C4)c4ccc([N+](=O)[O-])c(=O)n4C5)c(C)c3cc2c1-c1ccccc1. The normalized spacial score (nSPS) is 17.8. The molecule has 5 aromatic rings. The first kappa shape index (κ1) is 26.9. The van der Waals surface area contributed by atoms with Gasteiger partial charge in [-0.1, -0.05) is 30.3 Å². The van der Waals surface area contributed by atoms with Crippen LogP contribution in [0.1, 0.15) is 40.5 Å². The number of rotatable bonds is 4. The van der Waals surface area contributed by atoms with Crippen LogP contribution < -0.4 is 11.2 Å². The zero-order valence-corrected chi connectivity index (χ0v) is 24.0. The van der Waals surface area contributed by atoms with Gasteiger partial charge in [0, 0.05) is 59.2 Å². The number of carbonyl (C=O) groups is 1. The number of pyridine rings is 1. The van der Waals surface area contributed by atoms with E-state index < -0.39 is 21.8 Å². The van der Waals surface area contributed by atoms with Crippen molar-refractivity contribution in [2.24, 2.45) is 5.92 Å². The van der Waals surface area contributed by atoms with Gasteiger partial charge < -0.3 is 18.3 Å². The summed E-state index contributed by atoms with van der Waals surface area (Å²) in [5, 5.41) is 13.0. The average Bonchev–Trinajstić information content (AvgIpc) is 3.32. The van der Waals surface area contributed by atoms with Gasteiger partial charge in [-0.2, -0.15) is 0 Å². The van der Waals surface area contributed by atoms with Gasteiger partial charge >= 0.3 is 16.9 Å². The van der Waals surface area contributed by atoms with Gasteiger partial charge in [0.15, 0.2) is 0 Å². The van der Waals surface area contributed by atoms with Gasteiger partial charge in [0.2, 0.25) is 5.91 Å². The molecule has 2 unspecified atom stereocenters. The van der Waals surface area contributed by atoms with Gasteiger partial charge in [0.1, 0.15) is 16.9 Å². The third-order valence-corrected chi connectivity index (χ3v) is 9.16. The third kappa shape index (κ3) is 4.19. The first-order valence-electron chi connectivity index (χ1n) is 14.3. The Hall–Kier alpha value is -4.99. The number of furan rings is 1. The maximum Gasteiger partial charge on any atom is 0.340 e. The Morgan fingerprint density at radius 1 is 0.953 bits per heavy atom. The fourth-order valence-corrected chi connectivity index (χ4v) is 7.08. The first-order valence-corrected chi connectivity index (χ1v) is 14.3. The molecule has 2 aliphatic heterocycles. The van der Waals surface area contributed by atoms with Crippen molar-refractivity contribution < 1.29 is 18.6 Å². The minimum absolute atomic E-state index is 0.0133. The van der Waals surface area contributed by atoms with E-state index in [9.17, 15) is 24.5 Å². The molecule has 0 N–H and O–H groups in total. The molecule has 7 rings (SSSR count). The van der Waals surface area contributed by atoms with E-state index in [4.69, 9.17) is 8.83 Å². The van der Waals surface area contributed by atoms with Crippen LogP contribution in [0.15, 0.2) is 67.0 Å². The van der Waals surface area contributed by atoms with Crippen molar-refractivity contribution in [2.45, 2.75) is 46.1 Å². The number of aromatic nitrogens is 1. The molecule has 0 saturated carbocycles. The van der Waals surface area contributed by atoms with Gasteiger partial charge in [-0.05, 0) is 56.4 Å². The van der Waals surface area contributed by atoms with Crippen LogP contribution in [-0.2, 0) is 17.8 Å². The first-order chi connectivity index (χ1) is 20.6. The molecule has 2 atom stereocenters. The number of benzene rings is 2. The maximum atomic E-state index is 13.7. The number of amides is 1. The molecule has 3 aromatic heterocycles. The standard InChI is InChI=1S/C33H29N3O7/c1-17-23-12-25-29(21-7-5-4-6-8-21)19(3)42-31(25)18(2)30(23)43-33(39)24(17)13-28(37)34-14-20-11-22(16-34)26-9-10-27(36(40)41)32(38)35(26)15-20/h4-10,12,20,22H,11,13-16H2,1-3H3. The van der Waals surface area contributed by atoms with Crippen LogP contribution in [0.5, 0.6) is 0 Å². The smallest absolute Gasteiger partial charge is 0.340 e. The summed E-state index contributed by atoms with van der Waals surface area (Å²) in [5.74, 6) is 0.449. The molecule has 2 aromatic carbocycles. The summed E-state index contributed by atoms with van der Waals surface area (Å²) in [4.78, 5) is 52.0. The molecule has 5 heterocycles. The van der Waals surface area contributed by atoms with Crippen molar-refractivity contribution in [1.82, 2.24) is 9.47 Å². The van der Waals surface area contributed by atoms with E-state index in [1.54, 1.807) is 11.0 Å². The highest BCUT2D eigenvalue weighted by Crippen LogP contribution is 2.40. The van der Waals surface area contributed by atoms with E-state index >= 15 is 0 Å². The van der Waals surface area contributed by atoms with E-state index in [1.165, 1.54) is 10.6 Å². The minimum Gasteiger partial charge on any atom is -0.460 e. The summed E-state index contributed by atoms with van der Waals surface area (Å²) >= 11 is 0. The summed E-state index contributed by atoms with van der Waals surface area (Å²) in [6.45, 7) is 6.75. The molecule has 1 saturated heterocycles. The lowest BCUT2D eigenvalue weighted by molar-refractivity contribution is -0.386. The number of nitro groups is 1. The van der Waals surface area contributed by atoms with Crippen molar-refractivity contribution in [3.63, 3.8) is 0 Å². The second kappa shape index (κ2) is 9.79. The highest BCUT2D eigenvalue weighted by molar-refractivity contribution is 6.06. The number of hydrogen-bond acceptors (Lipinski definition) is 7. The zero-order valence-electron chi connectivity index (χ0n) is 24.0. The molecule has 0 spiro atoms. The predicted octanol–water partition coefficient (Wildman–Crippen LogP) is 5.39. The largest absolute Gasteiger partial charge is 0.460 e. The summed E-state index contributed by atoms with van der Waals surface area (Å²) < 4.78 is 13.5. The highest BCUT2D eigenvalue weighted by Gasteiger charge is 2.38. The van der Waals surface area contributed by atoms with Crippen LogP contribution in [-0.4, -0.2) is 33.4 Å². The summed E-state index contributed by atoms with van der Waals surface area (Å²) in [5.41, 5.74) is 3.98. The number of nitrogens with zero attached hydrogens (tertiary/aromatic N) is 3. The van der Waals surface area contributed by atoms with Crippen LogP contribution >= 0.6 is 0 Å². The van der Waals surface area contributed by atoms with E-state index in [1.807, 2.05) is 57.2 Å². The maximum absolute atomic E-state index is 13.7. The Morgan fingerprint density at radius 3 is 2.44 bits per heavy atom. The summed E-state index contributed by atoms with van der Waals surface area (Å²) in [7, 11) is 0. The fourth-order valence-electron chi connectivity index (χ4n) is 7.08. The minimum atomic E-state index is -0.657. The van der Waals surface area contributed by atoms with Crippen molar-refractivity contribution in [3.05, 3.63) is 108 Å². The van der Waals surface area contributed by atoms with Crippen molar-refractivity contribution in [2.75, 3.05) is 13.1 Å². The van der Waals surface area contributed by atoms with E-state index in [2.05, 4.69) is 0 Å². The van der Waals surface area contributed by atoms with Crippen LogP contribution in [0, 0.1) is 36.8 Å². The lowest BCUT2D eigenvalue weighted by atomic mass is 9.83. The lowest BCUT2D eigenvalue weighted by Crippen LogP contribution is -2.49. The van der Waals surface area contributed by atoms with Gasteiger partial charge in [0.25, 0.3) is 0 Å². The molecule has 1 amide bonds. The molecular weight excluding hydrogens is 550 g/mol. The number of fused-ring (bicyclic) bond motifs is 6. The molecule has 0 radical (unpaired) electrons. The van der Waals surface area contributed by atoms with E-state index in [-0.39, 0.29) is 24.2 Å². The number of hydrogen-bond donors (Lipinski definition) is 0. The number of piperidine rings is 1. The molecule has 1 fully saturated rings. The zero-order chi connectivity index (χ0) is 30.2. The monoisotopic (exact) mass is 579 g/mol. The van der Waals surface area contributed by atoms with Gasteiger partial charge in [-0.3, -0.25) is 19.7 Å². The molecular formula is C33H29N3O7. The van der Waals surface area contributed by atoms with Crippen molar-refractivity contribution >= 4 is 33.5 Å². The van der Waals surface area contributed by atoms with Gasteiger partial charge in [-0.25, -0.2) is 4.79 Å². The lowest BCUT2D eigenvalue weighted by Gasteiger charge is -2.42. The predicted molar refractivity (Wildman–Crippen MR) is 160 cm³/mol. The molecule has 218 valence electrons. The Balaban J connectivity index is 1.23. The molecule has 2 aliphatic rings. The Kier molecular flexibility index (Phi) is 6.12. The third-order valence-electron chi connectivity index (χ3n) is 9.16.